The Morgan fingerprint density at radius 1 is 1.23 bits per heavy atom. The SMILES string of the molecule is C=NCCS(=O)(=O)N1CCCCC1. The molecule has 1 heterocycles. The van der Waals surface area contributed by atoms with Gasteiger partial charge in [-0.15, -0.1) is 0 Å². The van der Waals surface area contributed by atoms with Gasteiger partial charge in [-0.3, -0.25) is 4.99 Å². The molecule has 4 nitrogen and oxygen atoms in total. The van der Waals surface area contributed by atoms with Gasteiger partial charge >= 0.3 is 0 Å². The lowest BCUT2D eigenvalue weighted by molar-refractivity contribution is 0.347. The van der Waals surface area contributed by atoms with E-state index in [1.165, 1.54) is 0 Å². The summed E-state index contributed by atoms with van der Waals surface area (Å²) < 4.78 is 24.7. The van der Waals surface area contributed by atoms with E-state index in [0.29, 0.717) is 19.6 Å². The Kier molecular flexibility index (Phi) is 3.87. The minimum absolute atomic E-state index is 0.108. The molecule has 0 N–H and O–H groups in total. The highest BCUT2D eigenvalue weighted by Gasteiger charge is 2.22. The topological polar surface area (TPSA) is 49.7 Å². The molecule has 1 aliphatic rings. The first-order valence-corrected chi connectivity index (χ1v) is 6.18. The molecule has 0 aliphatic carbocycles. The van der Waals surface area contributed by atoms with Gasteiger partial charge in [-0.2, -0.15) is 0 Å². The van der Waals surface area contributed by atoms with Crippen LogP contribution in [0.15, 0.2) is 4.99 Å². The Balaban J connectivity index is 2.51. The van der Waals surface area contributed by atoms with Crippen LogP contribution < -0.4 is 0 Å². The fraction of sp³-hybridized carbons (Fsp3) is 0.875. The number of sulfonamides is 1. The standard InChI is InChI=1S/C8H16N2O2S/c1-9-5-8-13(11,12)10-6-3-2-4-7-10/h1-8H2. The van der Waals surface area contributed by atoms with Crippen LogP contribution in [0, 0.1) is 0 Å². The van der Waals surface area contributed by atoms with Crippen molar-refractivity contribution >= 4 is 16.7 Å². The Morgan fingerprint density at radius 3 is 2.38 bits per heavy atom. The zero-order chi connectivity index (χ0) is 9.73. The minimum Gasteiger partial charge on any atom is -0.300 e. The molecule has 0 amide bonds. The van der Waals surface area contributed by atoms with Crippen LogP contribution in [0.1, 0.15) is 19.3 Å². The van der Waals surface area contributed by atoms with E-state index in [-0.39, 0.29) is 5.75 Å². The molecular formula is C8H16N2O2S. The molecule has 76 valence electrons. The van der Waals surface area contributed by atoms with Crippen LogP contribution in [0.3, 0.4) is 0 Å². The highest BCUT2D eigenvalue weighted by molar-refractivity contribution is 7.89. The van der Waals surface area contributed by atoms with Crippen molar-refractivity contribution in [1.29, 1.82) is 0 Å². The molecular weight excluding hydrogens is 188 g/mol. The molecule has 0 aromatic heterocycles. The van der Waals surface area contributed by atoms with Crippen LogP contribution in [-0.4, -0.2) is 44.8 Å². The lowest BCUT2D eigenvalue weighted by Gasteiger charge is -2.25. The fourth-order valence-corrected chi connectivity index (χ4v) is 2.88. The monoisotopic (exact) mass is 204 g/mol. The molecule has 0 unspecified atom stereocenters. The van der Waals surface area contributed by atoms with Crippen molar-refractivity contribution in [3.63, 3.8) is 0 Å². The molecule has 5 heteroatoms. The summed E-state index contributed by atoms with van der Waals surface area (Å²) in [7, 11) is -3.05. The van der Waals surface area contributed by atoms with Crippen molar-refractivity contribution < 1.29 is 8.42 Å². The molecule has 0 saturated carbocycles. The summed E-state index contributed by atoms with van der Waals surface area (Å²) >= 11 is 0. The number of aliphatic imine (C=N–C) groups is 1. The van der Waals surface area contributed by atoms with Gasteiger partial charge in [0.1, 0.15) is 0 Å². The summed E-state index contributed by atoms with van der Waals surface area (Å²) in [4.78, 5) is 3.56. The smallest absolute Gasteiger partial charge is 0.215 e. The van der Waals surface area contributed by atoms with Crippen LogP contribution in [-0.2, 0) is 10.0 Å². The highest BCUT2D eigenvalue weighted by Crippen LogP contribution is 2.13. The number of hydrogen-bond acceptors (Lipinski definition) is 3. The maximum absolute atomic E-state index is 11.6. The Morgan fingerprint density at radius 2 is 1.85 bits per heavy atom. The van der Waals surface area contributed by atoms with E-state index in [2.05, 4.69) is 11.7 Å². The summed E-state index contributed by atoms with van der Waals surface area (Å²) in [5, 5.41) is 0. The molecule has 0 atom stereocenters. The van der Waals surface area contributed by atoms with Crippen LogP contribution in [0.2, 0.25) is 0 Å². The first-order valence-electron chi connectivity index (χ1n) is 4.57. The molecule has 1 saturated heterocycles. The molecule has 1 rings (SSSR count). The van der Waals surface area contributed by atoms with Crippen molar-refractivity contribution in [1.82, 2.24) is 4.31 Å². The van der Waals surface area contributed by atoms with Crippen molar-refractivity contribution in [2.24, 2.45) is 4.99 Å². The van der Waals surface area contributed by atoms with Crippen molar-refractivity contribution in [2.45, 2.75) is 19.3 Å². The van der Waals surface area contributed by atoms with Crippen molar-refractivity contribution in [3.8, 4) is 0 Å². The molecule has 13 heavy (non-hydrogen) atoms. The molecule has 1 fully saturated rings. The third kappa shape index (κ3) is 3.08. The molecule has 0 radical (unpaired) electrons. The van der Waals surface area contributed by atoms with Gasteiger partial charge < -0.3 is 0 Å². The average Bonchev–Trinajstić information content (AvgIpc) is 2.16. The second-order valence-corrected chi connectivity index (χ2v) is 5.31. The van der Waals surface area contributed by atoms with Gasteiger partial charge in [0, 0.05) is 13.1 Å². The maximum atomic E-state index is 11.6. The molecule has 0 spiro atoms. The summed E-state index contributed by atoms with van der Waals surface area (Å²) in [5.41, 5.74) is 0. The van der Waals surface area contributed by atoms with E-state index >= 15 is 0 Å². The summed E-state index contributed by atoms with van der Waals surface area (Å²) in [6.45, 7) is 4.94. The average molecular weight is 204 g/mol. The van der Waals surface area contributed by atoms with Crippen molar-refractivity contribution in [2.75, 3.05) is 25.4 Å². The summed E-state index contributed by atoms with van der Waals surface area (Å²) in [5.74, 6) is 0.108. The molecule has 1 aliphatic heterocycles. The second-order valence-electron chi connectivity index (χ2n) is 3.22. The van der Waals surface area contributed by atoms with Crippen LogP contribution in [0.25, 0.3) is 0 Å². The van der Waals surface area contributed by atoms with Crippen LogP contribution in [0.4, 0.5) is 0 Å². The van der Waals surface area contributed by atoms with Gasteiger partial charge in [-0.05, 0) is 19.6 Å². The normalized spacial score (nSPS) is 20.0. The fourth-order valence-electron chi connectivity index (χ4n) is 1.45. The number of hydrogen-bond donors (Lipinski definition) is 0. The zero-order valence-electron chi connectivity index (χ0n) is 7.78. The quantitative estimate of drug-likeness (QED) is 0.626. The molecule has 0 bridgehead atoms. The lowest BCUT2D eigenvalue weighted by atomic mass is 10.2. The lowest BCUT2D eigenvalue weighted by Crippen LogP contribution is -2.37. The van der Waals surface area contributed by atoms with E-state index in [9.17, 15) is 8.42 Å². The van der Waals surface area contributed by atoms with E-state index in [4.69, 9.17) is 0 Å². The predicted octanol–water partition coefficient (Wildman–Crippen LogP) is 0.503. The van der Waals surface area contributed by atoms with Gasteiger partial charge in [0.15, 0.2) is 0 Å². The van der Waals surface area contributed by atoms with Crippen molar-refractivity contribution in [3.05, 3.63) is 0 Å². The minimum atomic E-state index is -3.05. The van der Waals surface area contributed by atoms with E-state index in [1.54, 1.807) is 4.31 Å². The second kappa shape index (κ2) is 4.72. The van der Waals surface area contributed by atoms with Gasteiger partial charge in [0.2, 0.25) is 10.0 Å². The first kappa shape index (κ1) is 10.7. The largest absolute Gasteiger partial charge is 0.300 e. The number of rotatable bonds is 4. The van der Waals surface area contributed by atoms with E-state index in [1.807, 2.05) is 0 Å². The van der Waals surface area contributed by atoms with Crippen LogP contribution >= 0.6 is 0 Å². The Labute approximate surface area is 79.7 Å². The Bertz CT molecular complexity index is 255. The van der Waals surface area contributed by atoms with E-state index < -0.39 is 10.0 Å². The zero-order valence-corrected chi connectivity index (χ0v) is 8.59. The molecule has 0 aromatic carbocycles. The third-order valence-electron chi connectivity index (χ3n) is 2.22. The maximum Gasteiger partial charge on any atom is 0.215 e. The number of piperidine rings is 1. The molecule has 0 aromatic rings. The third-order valence-corrected chi connectivity index (χ3v) is 4.07. The van der Waals surface area contributed by atoms with Gasteiger partial charge in [0.25, 0.3) is 0 Å². The van der Waals surface area contributed by atoms with Crippen LogP contribution in [0.5, 0.6) is 0 Å². The summed E-state index contributed by atoms with van der Waals surface area (Å²) in [6, 6.07) is 0. The van der Waals surface area contributed by atoms with Gasteiger partial charge in [-0.25, -0.2) is 12.7 Å². The summed E-state index contributed by atoms with van der Waals surface area (Å²) in [6.07, 6.45) is 3.12. The first-order chi connectivity index (χ1) is 6.17. The predicted molar refractivity (Wildman–Crippen MR) is 53.6 cm³/mol. The van der Waals surface area contributed by atoms with E-state index in [0.717, 1.165) is 19.3 Å². The van der Waals surface area contributed by atoms with Gasteiger partial charge in [0.05, 0.1) is 12.3 Å². The highest BCUT2D eigenvalue weighted by atomic mass is 32.2. The number of nitrogens with zero attached hydrogens (tertiary/aromatic N) is 2. The van der Waals surface area contributed by atoms with Gasteiger partial charge in [-0.1, -0.05) is 6.42 Å². The Hall–Kier alpha value is -0.420.